The van der Waals surface area contributed by atoms with Gasteiger partial charge in [0.15, 0.2) is 0 Å². The Kier molecular flexibility index (Phi) is 5.70. The smallest absolute Gasteiger partial charge is 0.0224 e. The van der Waals surface area contributed by atoms with Crippen molar-refractivity contribution in [3.05, 3.63) is 0 Å². The third-order valence-electron chi connectivity index (χ3n) is 5.15. The number of hydrogen-bond donors (Lipinski definition) is 1. The molecular formula is C17H34N2. The molecule has 19 heavy (non-hydrogen) atoms. The fraction of sp³-hybridized carbons (Fsp3) is 1.00. The van der Waals surface area contributed by atoms with Crippen LogP contribution < -0.4 is 5.32 Å². The third kappa shape index (κ3) is 4.46. The van der Waals surface area contributed by atoms with Crippen LogP contribution in [0.15, 0.2) is 0 Å². The van der Waals surface area contributed by atoms with Crippen molar-refractivity contribution in [1.29, 1.82) is 0 Å². The molecule has 0 spiro atoms. The molecule has 2 rings (SSSR count). The first-order valence-electron chi connectivity index (χ1n) is 8.61. The molecule has 1 heterocycles. The van der Waals surface area contributed by atoms with E-state index in [1.165, 1.54) is 51.7 Å². The van der Waals surface area contributed by atoms with E-state index < -0.39 is 0 Å². The lowest BCUT2D eigenvalue weighted by atomic mass is 9.95. The minimum absolute atomic E-state index is 0.774. The summed E-state index contributed by atoms with van der Waals surface area (Å²) in [5.74, 6) is 2.70. The molecule has 1 saturated heterocycles. The summed E-state index contributed by atoms with van der Waals surface area (Å²) in [5, 5.41) is 3.83. The van der Waals surface area contributed by atoms with Crippen LogP contribution in [-0.2, 0) is 0 Å². The van der Waals surface area contributed by atoms with Gasteiger partial charge in [-0.1, -0.05) is 40.5 Å². The van der Waals surface area contributed by atoms with Crippen molar-refractivity contribution >= 4 is 0 Å². The predicted molar refractivity (Wildman–Crippen MR) is 83.4 cm³/mol. The van der Waals surface area contributed by atoms with Crippen molar-refractivity contribution in [1.82, 2.24) is 10.2 Å². The minimum atomic E-state index is 0.774. The lowest BCUT2D eigenvalue weighted by Crippen LogP contribution is -2.58. The summed E-state index contributed by atoms with van der Waals surface area (Å²) in [5.41, 5.74) is 0. The zero-order valence-corrected chi connectivity index (χ0v) is 13.5. The Morgan fingerprint density at radius 2 is 1.84 bits per heavy atom. The van der Waals surface area contributed by atoms with E-state index in [0.717, 1.165) is 29.8 Å². The van der Waals surface area contributed by atoms with Crippen LogP contribution >= 0.6 is 0 Å². The lowest BCUT2D eigenvalue weighted by Gasteiger charge is -2.43. The zero-order chi connectivity index (χ0) is 13.8. The SMILES string of the molecule is CCC(CC)CN1CC(C2CC2)NCC1CC(C)C. The molecule has 0 bridgehead atoms. The van der Waals surface area contributed by atoms with Crippen molar-refractivity contribution in [3.8, 4) is 0 Å². The van der Waals surface area contributed by atoms with Gasteiger partial charge in [-0.3, -0.25) is 4.90 Å². The molecule has 0 aromatic heterocycles. The zero-order valence-electron chi connectivity index (χ0n) is 13.5. The number of nitrogens with zero attached hydrogens (tertiary/aromatic N) is 1. The van der Waals surface area contributed by atoms with Crippen molar-refractivity contribution < 1.29 is 0 Å². The van der Waals surface area contributed by atoms with Crippen molar-refractivity contribution in [3.63, 3.8) is 0 Å². The molecule has 2 unspecified atom stereocenters. The maximum absolute atomic E-state index is 3.83. The summed E-state index contributed by atoms with van der Waals surface area (Å²) >= 11 is 0. The first-order chi connectivity index (χ1) is 9.13. The second-order valence-electron chi connectivity index (χ2n) is 7.27. The average Bonchev–Trinajstić information content (AvgIpc) is 3.21. The molecule has 1 aliphatic carbocycles. The quantitative estimate of drug-likeness (QED) is 0.758. The van der Waals surface area contributed by atoms with E-state index in [9.17, 15) is 0 Å². The highest BCUT2D eigenvalue weighted by Gasteiger charge is 2.37. The molecule has 2 heteroatoms. The van der Waals surface area contributed by atoms with Crippen molar-refractivity contribution in [2.75, 3.05) is 19.6 Å². The molecule has 112 valence electrons. The first-order valence-corrected chi connectivity index (χ1v) is 8.61. The van der Waals surface area contributed by atoms with Gasteiger partial charge >= 0.3 is 0 Å². The van der Waals surface area contributed by atoms with E-state index in [-0.39, 0.29) is 0 Å². The van der Waals surface area contributed by atoms with Gasteiger partial charge in [0.05, 0.1) is 0 Å². The average molecular weight is 266 g/mol. The lowest BCUT2D eigenvalue weighted by molar-refractivity contribution is 0.0880. The second kappa shape index (κ2) is 7.08. The van der Waals surface area contributed by atoms with Crippen LogP contribution in [0.1, 0.15) is 59.8 Å². The van der Waals surface area contributed by atoms with Gasteiger partial charge in [0.1, 0.15) is 0 Å². The molecule has 0 aromatic rings. The summed E-state index contributed by atoms with van der Waals surface area (Å²) in [7, 11) is 0. The molecule has 0 radical (unpaired) electrons. The van der Waals surface area contributed by atoms with Gasteiger partial charge in [-0.05, 0) is 37.0 Å². The Morgan fingerprint density at radius 1 is 1.16 bits per heavy atom. The maximum Gasteiger partial charge on any atom is 0.0224 e. The Morgan fingerprint density at radius 3 is 2.37 bits per heavy atom. The largest absolute Gasteiger partial charge is 0.311 e. The third-order valence-corrected chi connectivity index (χ3v) is 5.15. The summed E-state index contributed by atoms with van der Waals surface area (Å²) in [4.78, 5) is 2.83. The number of hydrogen-bond acceptors (Lipinski definition) is 2. The van der Waals surface area contributed by atoms with Gasteiger partial charge in [0.25, 0.3) is 0 Å². The molecular weight excluding hydrogens is 232 g/mol. The molecule has 1 aliphatic heterocycles. The highest BCUT2D eigenvalue weighted by atomic mass is 15.2. The summed E-state index contributed by atoms with van der Waals surface area (Å²) in [6.45, 7) is 13.3. The van der Waals surface area contributed by atoms with E-state index in [1.807, 2.05) is 0 Å². The van der Waals surface area contributed by atoms with E-state index in [2.05, 4.69) is 37.9 Å². The highest BCUT2D eigenvalue weighted by Crippen LogP contribution is 2.35. The molecule has 2 atom stereocenters. The molecule has 2 nitrogen and oxygen atoms in total. The summed E-state index contributed by atoms with van der Waals surface area (Å²) in [6.07, 6.45) is 6.95. The molecule has 0 amide bonds. The predicted octanol–water partition coefficient (Wildman–Crippen LogP) is 3.52. The van der Waals surface area contributed by atoms with E-state index in [1.54, 1.807) is 0 Å². The van der Waals surface area contributed by atoms with Gasteiger partial charge in [-0.25, -0.2) is 0 Å². The highest BCUT2D eigenvalue weighted by molar-refractivity contribution is 4.95. The van der Waals surface area contributed by atoms with E-state index in [0.29, 0.717) is 0 Å². The number of rotatable bonds is 7. The van der Waals surface area contributed by atoms with Crippen LogP contribution in [-0.4, -0.2) is 36.6 Å². The van der Waals surface area contributed by atoms with Crippen LogP contribution in [0.25, 0.3) is 0 Å². The van der Waals surface area contributed by atoms with E-state index >= 15 is 0 Å². The minimum Gasteiger partial charge on any atom is -0.311 e. The Balaban J connectivity index is 1.92. The van der Waals surface area contributed by atoms with Gasteiger partial charge < -0.3 is 5.32 Å². The van der Waals surface area contributed by atoms with E-state index in [4.69, 9.17) is 0 Å². The Bertz CT molecular complexity index is 254. The van der Waals surface area contributed by atoms with Crippen LogP contribution in [0.2, 0.25) is 0 Å². The molecule has 2 aliphatic rings. The normalized spacial score (nSPS) is 29.4. The Hall–Kier alpha value is -0.0800. The number of nitrogens with one attached hydrogen (secondary N) is 1. The fourth-order valence-corrected chi connectivity index (χ4v) is 3.58. The fourth-order valence-electron chi connectivity index (χ4n) is 3.58. The van der Waals surface area contributed by atoms with Crippen molar-refractivity contribution in [2.24, 2.45) is 17.8 Å². The monoisotopic (exact) mass is 266 g/mol. The first kappa shape index (κ1) is 15.3. The summed E-state index contributed by atoms with van der Waals surface area (Å²) in [6, 6.07) is 1.56. The molecule has 2 fully saturated rings. The van der Waals surface area contributed by atoms with Crippen LogP contribution in [0.3, 0.4) is 0 Å². The van der Waals surface area contributed by atoms with Gasteiger partial charge in [-0.2, -0.15) is 0 Å². The van der Waals surface area contributed by atoms with Crippen LogP contribution in [0, 0.1) is 17.8 Å². The number of piperazine rings is 1. The van der Waals surface area contributed by atoms with Crippen LogP contribution in [0.5, 0.6) is 0 Å². The molecule has 1 saturated carbocycles. The Labute approximate surface area is 120 Å². The van der Waals surface area contributed by atoms with Gasteiger partial charge in [0, 0.05) is 31.7 Å². The topological polar surface area (TPSA) is 15.3 Å². The second-order valence-corrected chi connectivity index (χ2v) is 7.27. The standard InChI is InChI=1S/C17H34N2/c1-5-14(6-2)11-19-12-17(15-7-8-15)18-10-16(19)9-13(3)4/h13-18H,5-12H2,1-4H3. The maximum atomic E-state index is 3.83. The molecule has 0 aromatic carbocycles. The summed E-state index contributed by atoms with van der Waals surface area (Å²) < 4.78 is 0. The van der Waals surface area contributed by atoms with Gasteiger partial charge in [-0.15, -0.1) is 0 Å². The van der Waals surface area contributed by atoms with Gasteiger partial charge in [0.2, 0.25) is 0 Å². The van der Waals surface area contributed by atoms with Crippen LogP contribution in [0.4, 0.5) is 0 Å². The van der Waals surface area contributed by atoms with Crippen molar-refractivity contribution in [2.45, 2.75) is 71.9 Å². The molecule has 1 N–H and O–H groups in total.